The van der Waals surface area contributed by atoms with Crippen LogP contribution < -0.4 is 0 Å². The Hall–Kier alpha value is 0.300. The van der Waals surface area contributed by atoms with Crippen molar-refractivity contribution in [3.05, 3.63) is 0 Å². The molecule has 50 valence electrons. The Morgan fingerprint density at radius 3 is 2.50 bits per heavy atom. The van der Waals surface area contributed by atoms with Crippen LogP contribution in [0.3, 0.4) is 0 Å². The maximum absolute atomic E-state index is 11.2. The summed E-state index contributed by atoms with van der Waals surface area (Å²) in [6.45, 7) is -0.101. The van der Waals surface area contributed by atoms with Crippen LogP contribution in [0.5, 0.6) is 0 Å². The standard InChI is InChI=1S/C4H7BrF2O/c5-1-2-8-3-4(6)7/h4H,1-3H2. The summed E-state index contributed by atoms with van der Waals surface area (Å²) >= 11 is 3.03. The first-order valence-corrected chi connectivity index (χ1v) is 3.31. The van der Waals surface area contributed by atoms with Gasteiger partial charge in [-0.1, -0.05) is 15.9 Å². The van der Waals surface area contributed by atoms with Gasteiger partial charge in [-0.05, 0) is 0 Å². The average Bonchev–Trinajstić information content (AvgIpc) is 1.66. The van der Waals surface area contributed by atoms with Gasteiger partial charge in [0.05, 0.1) is 6.61 Å². The first kappa shape index (κ1) is 8.30. The molecular weight excluding hydrogens is 182 g/mol. The van der Waals surface area contributed by atoms with E-state index >= 15 is 0 Å². The van der Waals surface area contributed by atoms with Gasteiger partial charge in [-0.15, -0.1) is 0 Å². The van der Waals surface area contributed by atoms with Crippen LogP contribution >= 0.6 is 15.9 Å². The van der Waals surface area contributed by atoms with E-state index in [4.69, 9.17) is 0 Å². The third-order valence-corrected chi connectivity index (χ3v) is 0.789. The van der Waals surface area contributed by atoms with E-state index < -0.39 is 13.0 Å². The topological polar surface area (TPSA) is 9.23 Å². The van der Waals surface area contributed by atoms with Gasteiger partial charge < -0.3 is 4.74 Å². The van der Waals surface area contributed by atoms with Crippen molar-refractivity contribution >= 4 is 15.9 Å². The Balaban J connectivity index is 2.72. The third-order valence-electron chi connectivity index (χ3n) is 0.465. The van der Waals surface area contributed by atoms with Crippen LogP contribution in [0.25, 0.3) is 0 Å². The van der Waals surface area contributed by atoms with Crippen molar-refractivity contribution in [3.8, 4) is 0 Å². The molecule has 0 aromatic rings. The molecule has 0 heterocycles. The van der Waals surface area contributed by atoms with Gasteiger partial charge in [0.25, 0.3) is 6.43 Å². The number of hydrogen-bond acceptors (Lipinski definition) is 1. The Labute approximate surface area is 55.1 Å². The summed E-state index contributed by atoms with van der Waals surface area (Å²) in [5.41, 5.74) is 0. The fraction of sp³-hybridized carbons (Fsp3) is 1.00. The third kappa shape index (κ3) is 6.30. The van der Waals surface area contributed by atoms with Crippen molar-refractivity contribution in [3.63, 3.8) is 0 Å². The molecule has 0 atom stereocenters. The van der Waals surface area contributed by atoms with E-state index in [9.17, 15) is 8.78 Å². The second-order valence-electron chi connectivity index (χ2n) is 1.15. The van der Waals surface area contributed by atoms with E-state index in [0.717, 1.165) is 0 Å². The molecule has 0 aliphatic carbocycles. The van der Waals surface area contributed by atoms with Crippen molar-refractivity contribution in [2.24, 2.45) is 0 Å². The van der Waals surface area contributed by atoms with Crippen molar-refractivity contribution in [1.82, 2.24) is 0 Å². The maximum atomic E-state index is 11.2. The molecule has 0 N–H and O–H groups in total. The summed E-state index contributed by atoms with van der Waals surface area (Å²) in [6.07, 6.45) is -2.34. The maximum Gasteiger partial charge on any atom is 0.261 e. The lowest BCUT2D eigenvalue weighted by Crippen LogP contribution is -2.05. The van der Waals surface area contributed by atoms with E-state index in [2.05, 4.69) is 20.7 Å². The molecule has 0 spiro atoms. The van der Waals surface area contributed by atoms with Crippen LogP contribution in [-0.4, -0.2) is 25.0 Å². The largest absolute Gasteiger partial charge is 0.375 e. The SMILES string of the molecule is FC(F)COCCBr. The predicted molar refractivity (Wildman–Crippen MR) is 30.6 cm³/mol. The molecule has 0 aromatic carbocycles. The minimum absolute atomic E-state index is 0.352. The Morgan fingerprint density at radius 2 is 2.12 bits per heavy atom. The highest BCUT2D eigenvalue weighted by Crippen LogP contribution is 1.92. The first-order valence-electron chi connectivity index (χ1n) is 2.19. The molecule has 4 heteroatoms. The van der Waals surface area contributed by atoms with E-state index in [1.54, 1.807) is 0 Å². The molecule has 0 aliphatic rings. The number of alkyl halides is 3. The highest BCUT2D eigenvalue weighted by molar-refractivity contribution is 9.09. The summed E-state index contributed by atoms with van der Waals surface area (Å²) < 4.78 is 26.9. The Morgan fingerprint density at radius 1 is 1.50 bits per heavy atom. The van der Waals surface area contributed by atoms with Gasteiger partial charge in [-0.2, -0.15) is 0 Å². The zero-order valence-electron chi connectivity index (χ0n) is 4.24. The van der Waals surface area contributed by atoms with Crippen LogP contribution in [0.4, 0.5) is 8.78 Å². The Bertz CT molecular complexity index is 51.3. The van der Waals surface area contributed by atoms with E-state index in [0.29, 0.717) is 11.9 Å². The van der Waals surface area contributed by atoms with Gasteiger partial charge in [-0.3, -0.25) is 0 Å². The average molecular weight is 189 g/mol. The number of hydrogen-bond donors (Lipinski definition) is 0. The minimum Gasteiger partial charge on any atom is -0.375 e. The summed E-state index contributed by atoms with van der Waals surface area (Å²) in [6, 6.07) is 0. The second-order valence-corrected chi connectivity index (χ2v) is 1.95. The first-order chi connectivity index (χ1) is 3.77. The van der Waals surface area contributed by atoms with E-state index in [-0.39, 0.29) is 0 Å². The van der Waals surface area contributed by atoms with Crippen LogP contribution in [0.1, 0.15) is 0 Å². The zero-order valence-corrected chi connectivity index (χ0v) is 5.83. The summed E-state index contributed by atoms with van der Waals surface area (Å²) in [4.78, 5) is 0. The molecule has 0 unspecified atom stereocenters. The molecule has 0 radical (unpaired) electrons. The van der Waals surface area contributed by atoms with Gasteiger partial charge in [0, 0.05) is 5.33 Å². The lowest BCUT2D eigenvalue weighted by atomic mass is 10.7. The second kappa shape index (κ2) is 5.44. The summed E-state index contributed by atoms with van der Waals surface area (Å²) in [5.74, 6) is 0. The molecular formula is C4H7BrF2O. The van der Waals surface area contributed by atoms with E-state index in [1.165, 1.54) is 0 Å². The molecule has 0 bridgehead atoms. The molecule has 0 fully saturated rings. The lowest BCUT2D eigenvalue weighted by molar-refractivity contribution is 0.0240. The predicted octanol–water partition coefficient (Wildman–Crippen LogP) is 1.66. The molecule has 0 saturated carbocycles. The molecule has 1 nitrogen and oxygen atoms in total. The molecule has 0 amide bonds. The fourth-order valence-electron chi connectivity index (χ4n) is 0.227. The van der Waals surface area contributed by atoms with Crippen molar-refractivity contribution in [2.75, 3.05) is 18.5 Å². The number of rotatable bonds is 4. The quantitative estimate of drug-likeness (QED) is 0.482. The zero-order chi connectivity index (χ0) is 6.41. The number of ether oxygens (including phenoxy) is 1. The summed E-state index contributed by atoms with van der Waals surface area (Å²) in [5, 5.41) is 0.611. The van der Waals surface area contributed by atoms with Gasteiger partial charge in [-0.25, -0.2) is 8.78 Å². The van der Waals surface area contributed by atoms with E-state index in [1.807, 2.05) is 0 Å². The fourth-order valence-corrected chi connectivity index (χ4v) is 0.456. The van der Waals surface area contributed by atoms with Crippen LogP contribution in [0.15, 0.2) is 0 Å². The van der Waals surface area contributed by atoms with Gasteiger partial charge in [0.1, 0.15) is 6.61 Å². The summed E-state index contributed by atoms with van der Waals surface area (Å²) in [7, 11) is 0. The highest BCUT2D eigenvalue weighted by atomic mass is 79.9. The monoisotopic (exact) mass is 188 g/mol. The van der Waals surface area contributed by atoms with Crippen molar-refractivity contribution < 1.29 is 13.5 Å². The van der Waals surface area contributed by atoms with Gasteiger partial charge in [0.15, 0.2) is 0 Å². The molecule has 0 aromatic heterocycles. The van der Waals surface area contributed by atoms with Crippen molar-refractivity contribution in [2.45, 2.75) is 6.43 Å². The van der Waals surface area contributed by atoms with Crippen LogP contribution in [-0.2, 0) is 4.74 Å². The Kier molecular flexibility index (Phi) is 5.64. The molecule has 0 saturated heterocycles. The van der Waals surface area contributed by atoms with Crippen LogP contribution in [0.2, 0.25) is 0 Å². The molecule has 0 aliphatic heterocycles. The minimum atomic E-state index is -2.34. The highest BCUT2D eigenvalue weighted by Gasteiger charge is 1.99. The lowest BCUT2D eigenvalue weighted by Gasteiger charge is -1.97. The smallest absolute Gasteiger partial charge is 0.261 e. The van der Waals surface area contributed by atoms with Gasteiger partial charge >= 0.3 is 0 Å². The molecule has 8 heavy (non-hydrogen) atoms. The van der Waals surface area contributed by atoms with Crippen LogP contribution in [0, 0.1) is 0 Å². The number of halogens is 3. The normalized spacial score (nSPS) is 10.5. The van der Waals surface area contributed by atoms with Crippen molar-refractivity contribution in [1.29, 1.82) is 0 Å². The molecule has 0 rings (SSSR count). The van der Waals surface area contributed by atoms with Gasteiger partial charge in [0.2, 0.25) is 0 Å².